The summed E-state index contributed by atoms with van der Waals surface area (Å²) in [6, 6.07) is 5.93. The third kappa shape index (κ3) is 1.57. The zero-order valence-electron chi connectivity index (χ0n) is 8.39. The van der Waals surface area contributed by atoms with Crippen LogP contribution in [0.25, 0.3) is 5.65 Å². The van der Waals surface area contributed by atoms with Crippen molar-refractivity contribution in [2.24, 2.45) is 0 Å². The first-order valence-electron chi connectivity index (χ1n) is 5.23. The predicted molar refractivity (Wildman–Crippen MR) is 57.1 cm³/mol. The second-order valence-electron chi connectivity index (χ2n) is 3.76. The number of imidazole rings is 1. The summed E-state index contributed by atoms with van der Waals surface area (Å²) in [6.07, 6.45) is 5.11. The van der Waals surface area contributed by atoms with Crippen LogP contribution in [0.2, 0.25) is 0 Å². The van der Waals surface area contributed by atoms with Crippen molar-refractivity contribution in [1.29, 1.82) is 0 Å². The summed E-state index contributed by atoms with van der Waals surface area (Å²) in [7, 11) is 0. The van der Waals surface area contributed by atoms with E-state index in [1.807, 2.05) is 28.8 Å². The Labute approximate surface area is 87.9 Å². The number of hydrogen-bond acceptors (Lipinski definition) is 3. The van der Waals surface area contributed by atoms with E-state index in [0.29, 0.717) is 0 Å². The molecule has 1 aliphatic rings. The van der Waals surface area contributed by atoms with Crippen LogP contribution in [0.1, 0.15) is 6.42 Å². The van der Waals surface area contributed by atoms with Crippen molar-refractivity contribution in [3.8, 4) is 5.88 Å². The van der Waals surface area contributed by atoms with Crippen LogP contribution >= 0.6 is 0 Å². The molecule has 1 N–H and O–H groups in total. The van der Waals surface area contributed by atoms with Gasteiger partial charge in [0.15, 0.2) is 0 Å². The average Bonchev–Trinajstić information content (AvgIpc) is 2.89. The van der Waals surface area contributed by atoms with Gasteiger partial charge in [-0.2, -0.15) is 0 Å². The van der Waals surface area contributed by atoms with E-state index >= 15 is 0 Å². The maximum Gasteiger partial charge on any atom is 0.218 e. The van der Waals surface area contributed by atoms with Gasteiger partial charge in [-0.05, 0) is 25.1 Å². The van der Waals surface area contributed by atoms with Crippen LogP contribution in [-0.4, -0.2) is 28.6 Å². The fraction of sp³-hybridized carbons (Fsp3) is 0.364. The molecule has 4 nitrogen and oxygen atoms in total. The third-order valence-corrected chi connectivity index (χ3v) is 2.69. The number of aromatic nitrogens is 2. The lowest BCUT2D eigenvalue weighted by molar-refractivity contribution is 0.212. The molecule has 2 aromatic heterocycles. The molecule has 1 aliphatic heterocycles. The summed E-state index contributed by atoms with van der Waals surface area (Å²) in [6.45, 7) is 1.97. The second-order valence-corrected chi connectivity index (χ2v) is 3.76. The minimum atomic E-state index is 0.283. The molecular weight excluding hydrogens is 190 g/mol. The first-order chi connectivity index (χ1) is 7.43. The molecule has 1 saturated heterocycles. The van der Waals surface area contributed by atoms with Gasteiger partial charge in [0.05, 0.1) is 6.20 Å². The lowest BCUT2D eigenvalue weighted by atomic mass is 10.3. The van der Waals surface area contributed by atoms with Crippen molar-refractivity contribution in [3.63, 3.8) is 0 Å². The summed E-state index contributed by atoms with van der Waals surface area (Å²) >= 11 is 0. The van der Waals surface area contributed by atoms with Gasteiger partial charge in [-0.3, -0.25) is 4.40 Å². The molecule has 0 aromatic carbocycles. The Morgan fingerprint density at radius 1 is 1.47 bits per heavy atom. The van der Waals surface area contributed by atoms with Gasteiger partial charge in [0.2, 0.25) is 5.88 Å². The van der Waals surface area contributed by atoms with Gasteiger partial charge in [-0.15, -0.1) is 0 Å². The van der Waals surface area contributed by atoms with Crippen molar-refractivity contribution < 1.29 is 4.74 Å². The summed E-state index contributed by atoms with van der Waals surface area (Å²) < 4.78 is 7.84. The molecular formula is C11H13N3O. The second kappa shape index (κ2) is 3.55. The lowest BCUT2D eigenvalue weighted by Gasteiger charge is -2.10. The standard InChI is InChI=1S/C11H13N3O/c1-2-6-14-10(3-1)13-8-11(14)15-9-4-5-12-7-9/h1-3,6,8-9,12H,4-5,7H2. The fourth-order valence-electron chi connectivity index (χ4n) is 1.90. The van der Waals surface area contributed by atoms with Crippen molar-refractivity contribution in [3.05, 3.63) is 30.6 Å². The van der Waals surface area contributed by atoms with Crippen molar-refractivity contribution in [2.75, 3.05) is 13.1 Å². The topological polar surface area (TPSA) is 38.6 Å². The highest BCUT2D eigenvalue weighted by molar-refractivity contribution is 5.41. The molecule has 15 heavy (non-hydrogen) atoms. The Morgan fingerprint density at radius 3 is 3.33 bits per heavy atom. The minimum Gasteiger partial charge on any atom is -0.473 e. The number of ether oxygens (including phenoxy) is 1. The monoisotopic (exact) mass is 203 g/mol. The van der Waals surface area contributed by atoms with Crippen molar-refractivity contribution in [1.82, 2.24) is 14.7 Å². The number of fused-ring (bicyclic) bond motifs is 1. The SMILES string of the molecule is c1ccn2c(OC3CCNC3)cnc2c1. The van der Waals surface area contributed by atoms with Gasteiger partial charge >= 0.3 is 0 Å². The molecule has 1 fully saturated rings. The van der Waals surface area contributed by atoms with E-state index in [9.17, 15) is 0 Å². The largest absolute Gasteiger partial charge is 0.473 e. The highest BCUT2D eigenvalue weighted by Crippen LogP contribution is 2.16. The molecule has 78 valence electrons. The van der Waals surface area contributed by atoms with Gasteiger partial charge in [0, 0.05) is 12.7 Å². The highest BCUT2D eigenvalue weighted by Gasteiger charge is 2.17. The normalized spacial score (nSPS) is 20.9. The van der Waals surface area contributed by atoms with Crippen LogP contribution in [0, 0.1) is 0 Å². The Kier molecular flexibility index (Phi) is 2.07. The Balaban J connectivity index is 1.90. The number of hydrogen-bond donors (Lipinski definition) is 1. The molecule has 0 spiro atoms. The molecule has 2 aromatic rings. The van der Waals surface area contributed by atoms with E-state index in [2.05, 4.69) is 10.3 Å². The molecule has 0 bridgehead atoms. The minimum absolute atomic E-state index is 0.283. The quantitative estimate of drug-likeness (QED) is 0.793. The van der Waals surface area contributed by atoms with Crippen molar-refractivity contribution in [2.45, 2.75) is 12.5 Å². The first-order valence-corrected chi connectivity index (χ1v) is 5.23. The zero-order valence-corrected chi connectivity index (χ0v) is 8.39. The molecule has 0 amide bonds. The Morgan fingerprint density at radius 2 is 2.47 bits per heavy atom. The summed E-state index contributed by atoms with van der Waals surface area (Å²) in [4.78, 5) is 4.28. The van der Waals surface area contributed by atoms with Gasteiger partial charge in [-0.25, -0.2) is 4.98 Å². The first kappa shape index (κ1) is 8.73. The van der Waals surface area contributed by atoms with Crippen molar-refractivity contribution >= 4 is 5.65 Å². The Hall–Kier alpha value is -1.55. The molecule has 1 atom stereocenters. The van der Waals surface area contributed by atoms with Gasteiger partial charge in [0.25, 0.3) is 0 Å². The van der Waals surface area contributed by atoms with E-state index in [4.69, 9.17) is 4.74 Å². The molecule has 0 saturated carbocycles. The molecule has 1 unspecified atom stereocenters. The summed E-state index contributed by atoms with van der Waals surface area (Å²) in [5, 5.41) is 3.28. The summed E-state index contributed by atoms with van der Waals surface area (Å²) in [5.41, 5.74) is 0.929. The maximum atomic E-state index is 5.87. The van der Waals surface area contributed by atoms with Crippen LogP contribution in [-0.2, 0) is 0 Å². The van der Waals surface area contributed by atoms with E-state index in [1.54, 1.807) is 6.20 Å². The third-order valence-electron chi connectivity index (χ3n) is 2.69. The van der Waals surface area contributed by atoms with Crippen LogP contribution < -0.4 is 10.1 Å². The fourth-order valence-corrected chi connectivity index (χ4v) is 1.90. The summed E-state index contributed by atoms with van der Waals surface area (Å²) in [5.74, 6) is 0.833. The van der Waals surface area contributed by atoms with E-state index in [-0.39, 0.29) is 6.10 Å². The Bertz CT molecular complexity index is 460. The maximum absolute atomic E-state index is 5.87. The number of nitrogens with one attached hydrogen (secondary N) is 1. The van der Waals surface area contributed by atoms with Crippen LogP contribution in [0.3, 0.4) is 0 Å². The molecule has 4 heteroatoms. The molecule has 0 aliphatic carbocycles. The molecule has 3 rings (SSSR count). The van der Waals surface area contributed by atoms with Crippen LogP contribution in [0.5, 0.6) is 5.88 Å². The number of rotatable bonds is 2. The molecule has 0 radical (unpaired) electrons. The zero-order chi connectivity index (χ0) is 10.1. The van der Waals surface area contributed by atoms with Gasteiger partial charge in [-0.1, -0.05) is 6.07 Å². The van der Waals surface area contributed by atoms with E-state index < -0.39 is 0 Å². The van der Waals surface area contributed by atoms with Crippen LogP contribution in [0.4, 0.5) is 0 Å². The smallest absolute Gasteiger partial charge is 0.218 e. The number of nitrogens with zero attached hydrogens (tertiary/aromatic N) is 2. The lowest BCUT2D eigenvalue weighted by Crippen LogP contribution is -2.20. The molecule has 3 heterocycles. The van der Waals surface area contributed by atoms with E-state index in [0.717, 1.165) is 31.0 Å². The van der Waals surface area contributed by atoms with Gasteiger partial charge < -0.3 is 10.1 Å². The van der Waals surface area contributed by atoms with Crippen LogP contribution in [0.15, 0.2) is 30.6 Å². The van der Waals surface area contributed by atoms with Gasteiger partial charge in [0.1, 0.15) is 11.8 Å². The average molecular weight is 203 g/mol. The highest BCUT2D eigenvalue weighted by atomic mass is 16.5. The number of pyridine rings is 1. The predicted octanol–water partition coefficient (Wildman–Crippen LogP) is 1.07. The van der Waals surface area contributed by atoms with E-state index in [1.165, 1.54) is 0 Å².